The number of aromatic nitrogens is 2. The van der Waals surface area contributed by atoms with Crippen molar-refractivity contribution in [3.05, 3.63) is 52.6 Å². The molecule has 0 radical (unpaired) electrons. The summed E-state index contributed by atoms with van der Waals surface area (Å²) in [6, 6.07) is 11.1. The molecule has 1 aliphatic heterocycles. The van der Waals surface area contributed by atoms with Gasteiger partial charge in [-0.15, -0.1) is 0 Å². The molecule has 5 rings (SSSR count). The molecule has 2 aliphatic rings. The Kier molecular flexibility index (Phi) is 7.84. The van der Waals surface area contributed by atoms with E-state index in [2.05, 4.69) is 26.1 Å². The topological polar surface area (TPSA) is 81.8 Å². The van der Waals surface area contributed by atoms with Crippen molar-refractivity contribution in [1.29, 1.82) is 0 Å². The number of fused-ring (bicyclic) bond motifs is 3. The average molecular weight is 622 g/mol. The van der Waals surface area contributed by atoms with E-state index >= 15 is 0 Å². The highest BCUT2D eigenvalue weighted by atomic mass is 79.9. The predicted octanol–water partition coefficient (Wildman–Crippen LogP) is 4.88. The predicted molar refractivity (Wildman–Crippen MR) is 148 cm³/mol. The minimum Gasteiger partial charge on any atom is -0.490 e. The van der Waals surface area contributed by atoms with Crippen LogP contribution >= 0.6 is 15.9 Å². The number of nitrogens with zero attached hydrogens (tertiary/aromatic N) is 4. The quantitative estimate of drug-likeness (QED) is 0.388. The summed E-state index contributed by atoms with van der Waals surface area (Å²) in [6.45, 7) is -1.62. The molecule has 1 aliphatic carbocycles. The highest BCUT2D eigenvalue weighted by molar-refractivity contribution is 9.10. The molecule has 2 amide bonds. The number of nitrogens with one attached hydrogen (secondary N) is 1. The molecule has 1 aromatic heterocycles. The lowest BCUT2D eigenvalue weighted by molar-refractivity contribution is -0.160. The van der Waals surface area contributed by atoms with Crippen molar-refractivity contribution in [2.24, 2.45) is 0 Å². The van der Waals surface area contributed by atoms with Gasteiger partial charge in [0.1, 0.15) is 18.8 Å². The number of anilines is 1. The van der Waals surface area contributed by atoms with Gasteiger partial charge in [0.15, 0.2) is 0 Å². The molecule has 2 heterocycles. The minimum atomic E-state index is -4.54. The van der Waals surface area contributed by atoms with Crippen LogP contribution < -0.4 is 9.64 Å². The van der Waals surface area contributed by atoms with E-state index in [1.165, 1.54) is 4.90 Å². The molecule has 1 N–H and O–H groups in total. The van der Waals surface area contributed by atoms with Crippen molar-refractivity contribution in [3.8, 4) is 5.75 Å². The first-order valence-electron chi connectivity index (χ1n) is 13.2. The monoisotopic (exact) mass is 621 g/mol. The normalized spacial score (nSPS) is 20.9. The summed E-state index contributed by atoms with van der Waals surface area (Å²) < 4.78 is 46.9. The van der Waals surface area contributed by atoms with Crippen molar-refractivity contribution < 1.29 is 27.5 Å². The second-order valence-electron chi connectivity index (χ2n) is 10.8. The third-order valence-corrected chi connectivity index (χ3v) is 8.41. The van der Waals surface area contributed by atoms with Gasteiger partial charge in [0.25, 0.3) is 0 Å². The molecular weight excluding hydrogens is 591 g/mol. The fourth-order valence-electron chi connectivity index (χ4n) is 5.76. The van der Waals surface area contributed by atoms with Gasteiger partial charge in [-0.25, -0.2) is 0 Å². The summed E-state index contributed by atoms with van der Waals surface area (Å²) >= 11 is 3.61. The van der Waals surface area contributed by atoms with Crippen LogP contribution in [0.4, 0.5) is 18.9 Å². The number of amides is 2. The summed E-state index contributed by atoms with van der Waals surface area (Å²) in [6.07, 6.45) is -0.690. The lowest BCUT2D eigenvalue weighted by atomic mass is 9.69. The highest BCUT2D eigenvalue weighted by Crippen LogP contribution is 2.53. The molecule has 1 saturated carbocycles. The van der Waals surface area contributed by atoms with Crippen LogP contribution in [0.2, 0.25) is 0 Å². The van der Waals surface area contributed by atoms with Gasteiger partial charge < -0.3 is 19.4 Å². The number of H-pyrrole nitrogens is 1. The molecule has 0 saturated heterocycles. The van der Waals surface area contributed by atoms with Crippen molar-refractivity contribution in [1.82, 2.24) is 20.0 Å². The Labute approximate surface area is 238 Å². The third kappa shape index (κ3) is 5.69. The molecule has 3 aromatic rings. The smallest absolute Gasteiger partial charge is 0.406 e. The Balaban J connectivity index is 1.34. The Morgan fingerprint density at radius 3 is 2.65 bits per heavy atom. The van der Waals surface area contributed by atoms with Gasteiger partial charge in [0.2, 0.25) is 11.8 Å². The summed E-state index contributed by atoms with van der Waals surface area (Å²) in [4.78, 5) is 31.1. The molecule has 40 heavy (non-hydrogen) atoms. The molecule has 0 bridgehead atoms. The number of rotatable bonds is 8. The van der Waals surface area contributed by atoms with Crippen molar-refractivity contribution in [2.45, 2.75) is 43.4 Å². The lowest BCUT2D eigenvalue weighted by Gasteiger charge is -2.37. The second-order valence-corrected chi connectivity index (χ2v) is 11.6. The van der Waals surface area contributed by atoms with Crippen LogP contribution in [-0.4, -0.2) is 84.4 Å². The first-order valence-corrected chi connectivity index (χ1v) is 14.0. The van der Waals surface area contributed by atoms with Crippen molar-refractivity contribution in [2.75, 3.05) is 45.2 Å². The van der Waals surface area contributed by atoms with Crippen LogP contribution in [0.3, 0.4) is 0 Å². The van der Waals surface area contributed by atoms with Crippen molar-refractivity contribution >= 4 is 44.3 Å². The van der Waals surface area contributed by atoms with E-state index in [4.69, 9.17) is 4.74 Å². The maximum Gasteiger partial charge on any atom is 0.406 e. The second kappa shape index (κ2) is 11.0. The molecule has 214 valence electrons. The Morgan fingerprint density at radius 2 is 1.95 bits per heavy atom. The van der Waals surface area contributed by atoms with Gasteiger partial charge in [-0.3, -0.25) is 14.7 Å². The first-order chi connectivity index (χ1) is 19.0. The number of alkyl halides is 3. The summed E-state index contributed by atoms with van der Waals surface area (Å²) in [5.74, 6) is -0.258. The molecule has 1 fully saturated rings. The number of halogens is 4. The zero-order valence-corrected chi connectivity index (χ0v) is 23.9. The van der Waals surface area contributed by atoms with E-state index in [1.807, 2.05) is 24.3 Å². The number of aromatic amines is 1. The molecule has 0 atom stereocenters. The number of carbonyl (C=O) groups is 2. The van der Waals surface area contributed by atoms with Gasteiger partial charge >= 0.3 is 6.18 Å². The number of carbonyl (C=O) groups excluding carboxylic acids is 2. The van der Waals surface area contributed by atoms with Gasteiger partial charge in [-0.2, -0.15) is 18.3 Å². The number of likely N-dealkylation sites (N-methyl/N-ethyl adjacent to an activating group) is 1. The van der Waals surface area contributed by atoms with E-state index in [0.717, 1.165) is 31.6 Å². The fraction of sp³-hybridized carbons (Fsp3) is 0.464. The van der Waals surface area contributed by atoms with Crippen LogP contribution in [0.5, 0.6) is 5.75 Å². The van der Waals surface area contributed by atoms with Crippen LogP contribution in [0.25, 0.3) is 10.9 Å². The largest absolute Gasteiger partial charge is 0.490 e. The van der Waals surface area contributed by atoms with E-state index < -0.39 is 30.6 Å². The van der Waals surface area contributed by atoms with E-state index in [9.17, 15) is 22.8 Å². The average Bonchev–Trinajstić information content (AvgIpc) is 3.45. The SMILES string of the molecule is CN(C)CCN(CC(F)(F)F)C(=O)CN1C(=O)C2(CCC(Oc3ccc4[nH]ncc4c3)CC2)c2c(Br)cccc21. The van der Waals surface area contributed by atoms with Crippen LogP contribution in [0, 0.1) is 0 Å². The number of benzene rings is 2. The lowest BCUT2D eigenvalue weighted by Crippen LogP contribution is -2.50. The minimum absolute atomic E-state index is 0.0898. The third-order valence-electron chi connectivity index (χ3n) is 7.75. The van der Waals surface area contributed by atoms with E-state index in [1.54, 1.807) is 37.3 Å². The van der Waals surface area contributed by atoms with Crippen LogP contribution in [0.1, 0.15) is 31.2 Å². The summed E-state index contributed by atoms with van der Waals surface area (Å²) in [5.41, 5.74) is 1.40. The molecule has 2 aromatic carbocycles. The first kappa shape index (κ1) is 28.4. The van der Waals surface area contributed by atoms with Gasteiger partial charge in [0, 0.05) is 34.2 Å². The summed E-state index contributed by atoms with van der Waals surface area (Å²) in [5, 5.41) is 7.89. The molecule has 12 heteroatoms. The number of hydrogen-bond acceptors (Lipinski definition) is 5. The Bertz CT molecular complexity index is 1400. The molecular formula is C28H31BrF3N5O3. The Hall–Kier alpha value is -3.12. The molecule has 1 spiro atoms. The maximum absolute atomic E-state index is 14.0. The van der Waals surface area contributed by atoms with Crippen molar-refractivity contribution in [3.63, 3.8) is 0 Å². The van der Waals surface area contributed by atoms with Gasteiger partial charge in [-0.1, -0.05) is 22.0 Å². The van der Waals surface area contributed by atoms with Crippen LogP contribution in [0.15, 0.2) is 47.1 Å². The highest BCUT2D eigenvalue weighted by Gasteiger charge is 2.54. The zero-order valence-electron chi connectivity index (χ0n) is 22.3. The van der Waals surface area contributed by atoms with E-state index in [0.29, 0.717) is 31.4 Å². The zero-order chi connectivity index (χ0) is 28.7. The van der Waals surface area contributed by atoms with E-state index in [-0.39, 0.29) is 25.1 Å². The number of hydrogen-bond donors (Lipinski definition) is 1. The fourth-order valence-corrected chi connectivity index (χ4v) is 6.50. The Morgan fingerprint density at radius 1 is 1.20 bits per heavy atom. The maximum atomic E-state index is 14.0. The molecule has 8 nitrogen and oxygen atoms in total. The summed E-state index contributed by atoms with van der Waals surface area (Å²) in [7, 11) is 3.46. The van der Waals surface area contributed by atoms with Gasteiger partial charge in [0.05, 0.1) is 23.2 Å². The number of ether oxygens (including phenoxy) is 1. The molecule has 0 unspecified atom stereocenters. The van der Waals surface area contributed by atoms with Crippen LogP contribution in [-0.2, 0) is 15.0 Å². The van der Waals surface area contributed by atoms with Gasteiger partial charge in [-0.05, 0) is 70.1 Å². The standard InChI is InChI=1S/C28H31BrF3N5O3/c1-35(2)12-13-36(17-28(30,31)32)24(38)16-37-23-5-3-4-21(29)25(23)27(26(37)39)10-8-19(9-11-27)40-20-6-7-22-18(14-20)15-33-34-22/h3-7,14-15,19H,8-13,16-17H2,1-2H3,(H,33,34).